The van der Waals surface area contributed by atoms with E-state index in [4.69, 9.17) is 14.2 Å². The first-order valence-electron chi connectivity index (χ1n) is 17.7. The Morgan fingerprint density at radius 1 is 0.980 bits per heavy atom. The van der Waals surface area contributed by atoms with Crippen molar-refractivity contribution in [1.29, 1.82) is 0 Å². The van der Waals surface area contributed by atoms with Crippen LogP contribution in [0.15, 0.2) is 72.9 Å². The zero-order chi connectivity index (χ0) is 34.4. The summed E-state index contributed by atoms with van der Waals surface area (Å²) in [6.45, 7) is 3.73. The summed E-state index contributed by atoms with van der Waals surface area (Å²) >= 11 is 0. The molecule has 3 aliphatic rings. The van der Waals surface area contributed by atoms with Crippen molar-refractivity contribution in [2.24, 2.45) is 11.8 Å². The second-order valence-corrected chi connectivity index (χ2v) is 13.9. The van der Waals surface area contributed by atoms with Crippen LogP contribution >= 0.6 is 0 Å². The normalized spacial score (nSPS) is 19.4. The van der Waals surface area contributed by atoms with Crippen molar-refractivity contribution in [3.63, 3.8) is 0 Å². The van der Waals surface area contributed by atoms with Crippen molar-refractivity contribution in [1.82, 2.24) is 24.9 Å². The molecule has 258 valence electrons. The molecule has 9 nitrogen and oxygen atoms in total. The lowest BCUT2D eigenvalue weighted by molar-refractivity contribution is -0.145. The van der Waals surface area contributed by atoms with Gasteiger partial charge in [0, 0.05) is 24.7 Å². The molecule has 2 aliphatic heterocycles. The Kier molecular flexibility index (Phi) is 8.72. The second kappa shape index (κ2) is 13.5. The molecule has 8 rings (SSSR count). The standard InChI is InChI=1S/C40H42FN5O4/c1-24(40(47)49-3)38(26-11-12-26)28-13-10-25-15-17-35(50-36(25)21-28)27-14-16-29(30-22-37(48-2)42-23-32(30)41)31(20-27)39(45-18-6-7-19-45)46-34-9-5-4-8-33(34)43-44-46/h4-5,8-10,13-14,16,20-24,26,35,38-39H,6-7,11-12,15,17-19H2,1-3H3/t24-,35?,38-,39?/m0/s1. The van der Waals surface area contributed by atoms with Gasteiger partial charge in [0.15, 0.2) is 0 Å². The smallest absolute Gasteiger partial charge is 0.309 e. The van der Waals surface area contributed by atoms with Crippen LogP contribution in [0.25, 0.3) is 22.2 Å². The maximum absolute atomic E-state index is 15.7. The molecule has 2 fully saturated rings. The zero-order valence-electron chi connectivity index (χ0n) is 28.7. The average Bonchev–Trinajstić information content (AvgIpc) is 3.66. The number of carbonyl (C=O) groups is 1. The van der Waals surface area contributed by atoms with Crippen LogP contribution in [0.4, 0.5) is 4.39 Å². The number of halogens is 1. The van der Waals surface area contributed by atoms with Crippen LogP contribution in [0.2, 0.25) is 0 Å². The van der Waals surface area contributed by atoms with Crippen molar-refractivity contribution in [2.45, 2.75) is 63.6 Å². The van der Waals surface area contributed by atoms with Crippen LogP contribution < -0.4 is 9.47 Å². The highest BCUT2D eigenvalue weighted by Crippen LogP contribution is 2.49. The van der Waals surface area contributed by atoms with E-state index < -0.39 is 5.82 Å². The van der Waals surface area contributed by atoms with Gasteiger partial charge in [-0.25, -0.2) is 14.1 Å². The summed E-state index contributed by atoms with van der Waals surface area (Å²) in [5, 5.41) is 9.21. The number of hydrogen-bond acceptors (Lipinski definition) is 8. The number of ether oxygens (including phenoxy) is 3. The predicted molar refractivity (Wildman–Crippen MR) is 187 cm³/mol. The number of carbonyl (C=O) groups excluding carboxylic acids is 1. The third-order valence-corrected chi connectivity index (χ3v) is 10.8. The summed E-state index contributed by atoms with van der Waals surface area (Å²) < 4.78 is 35.1. The average molecular weight is 676 g/mol. The van der Waals surface area contributed by atoms with Crippen LogP contribution in [0.5, 0.6) is 11.6 Å². The highest BCUT2D eigenvalue weighted by molar-refractivity contribution is 5.76. The largest absolute Gasteiger partial charge is 0.485 e. The van der Waals surface area contributed by atoms with Crippen LogP contribution in [-0.2, 0) is 16.0 Å². The van der Waals surface area contributed by atoms with Gasteiger partial charge in [-0.3, -0.25) is 9.69 Å². The SMILES string of the molecule is COC(=O)[C@@H](C)[C@H](c1ccc2c(c1)OC(c1ccc(-c3cc(OC)ncc3F)c(C(N3CCCC3)n3nnc4ccccc43)c1)CC2)C1CC1. The van der Waals surface area contributed by atoms with E-state index in [9.17, 15) is 4.79 Å². The minimum Gasteiger partial charge on any atom is -0.485 e. The Balaban J connectivity index is 1.22. The molecule has 0 N–H and O–H groups in total. The topological polar surface area (TPSA) is 91.6 Å². The fourth-order valence-corrected chi connectivity index (χ4v) is 8.10. The number of esters is 1. The number of para-hydroxylation sites is 1. The molecule has 2 unspecified atom stereocenters. The van der Waals surface area contributed by atoms with Crippen molar-refractivity contribution in [3.8, 4) is 22.8 Å². The first-order chi connectivity index (χ1) is 24.4. The van der Waals surface area contributed by atoms with Gasteiger partial charge in [0.1, 0.15) is 29.4 Å². The number of methoxy groups -OCH3 is 2. The Hall–Kier alpha value is -4.83. The van der Waals surface area contributed by atoms with Crippen molar-refractivity contribution in [2.75, 3.05) is 27.3 Å². The van der Waals surface area contributed by atoms with Gasteiger partial charge in [0.25, 0.3) is 0 Å². The van der Waals surface area contributed by atoms with E-state index in [0.717, 1.165) is 96.2 Å². The number of fused-ring (bicyclic) bond motifs is 2. The molecule has 0 amide bonds. The Labute approximate surface area is 291 Å². The fourth-order valence-electron chi connectivity index (χ4n) is 8.10. The van der Waals surface area contributed by atoms with E-state index in [-0.39, 0.29) is 30.1 Å². The Bertz CT molecular complexity index is 2040. The molecule has 0 radical (unpaired) electrons. The minimum absolute atomic E-state index is 0.0913. The molecular formula is C40H42FN5O4. The highest BCUT2D eigenvalue weighted by Gasteiger charge is 2.40. The number of hydrogen-bond donors (Lipinski definition) is 0. The number of aromatic nitrogens is 4. The molecule has 3 aromatic carbocycles. The molecule has 4 heterocycles. The molecular weight excluding hydrogens is 633 g/mol. The Morgan fingerprint density at radius 2 is 1.80 bits per heavy atom. The molecule has 1 aliphatic carbocycles. The van der Waals surface area contributed by atoms with Crippen molar-refractivity contribution >= 4 is 17.0 Å². The number of aryl methyl sites for hydroxylation is 1. The van der Waals surface area contributed by atoms with Gasteiger partial charge in [0.2, 0.25) is 5.88 Å². The maximum atomic E-state index is 15.7. The van der Waals surface area contributed by atoms with Crippen molar-refractivity contribution in [3.05, 3.63) is 101 Å². The summed E-state index contributed by atoms with van der Waals surface area (Å²) in [5.41, 5.74) is 7.08. The first-order valence-corrected chi connectivity index (χ1v) is 17.7. The van der Waals surface area contributed by atoms with E-state index in [1.807, 2.05) is 41.9 Å². The lowest BCUT2D eigenvalue weighted by atomic mass is 9.82. The molecule has 2 aromatic heterocycles. The molecule has 0 bridgehead atoms. The summed E-state index contributed by atoms with van der Waals surface area (Å²) in [4.78, 5) is 19.1. The van der Waals surface area contributed by atoms with Crippen LogP contribution in [0.1, 0.15) is 79.5 Å². The molecule has 1 saturated heterocycles. The molecule has 5 aromatic rings. The number of nitrogens with zero attached hydrogens (tertiary/aromatic N) is 5. The van der Waals surface area contributed by atoms with E-state index in [2.05, 4.69) is 50.5 Å². The third kappa shape index (κ3) is 5.99. The van der Waals surface area contributed by atoms with Gasteiger partial charge in [-0.1, -0.05) is 48.5 Å². The quantitative estimate of drug-likeness (QED) is 0.140. The van der Waals surface area contributed by atoms with Gasteiger partial charge < -0.3 is 14.2 Å². The highest BCUT2D eigenvalue weighted by atomic mass is 19.1. The van der Waals surface area contributed by atoms with E-state index in [0.29, 0.717) is 17.4 Å². The van der Waals surface area contributed by atoms with Gasteiger partial charge in [-0.15, -0.1) is 5.10 Å². The minimum atomic E-state index is -0.426. The molecule has 0 spiro atoms. The van der Waals surface area contributed by atoms with E-state index in [1.165, 1.54) is 20.4 Å². The summed E-state index contributed by atoms with van der Waals surface area (Å²) in [6, 6.07) is 22.3. The van der Waals surface area contributed by atoms with E-state index >= 15 is 4.39 Å². The number of benzene rings is 3. The Morgan fingerprint density at radius 3 is 2.58 bits per heavy atom. The molecule has 4 atom stereocenters. The summed E-state index contributed by atoms with van der Waals surface area (Å²) in [5.74, 6) is 0.924. The first kappa shape index (κ1) is 32.4. The van der Waals surface area contributed by atoms with Gasteiger partial charge >= 0.3 is 5.97 Å². The van der Waals surface area contributed by atoms with Crippen LogP contribution in [0, 0.1) is 17.7 Å². The summed E-state index contributed by atoms with van der Waals surface area (Å²) in [7, 11) is 3.00. The molecule has 1 saturated carbocycles. The monoisotopic (exact) mass is 675 g/mol. The van der Waals surface area contributed by atoms with Gasteiger partial charge in [-0.2, -0.15) is 0 Å². The van der Waals surface area contributed by atoms with Crippen molar-refractivity contribution < 1.29 is 23.4 Å². The lowest BCUT2D eigenvalue weighted by Gasteiger charge is -2.32. The maximum Gasteiger partial charge on any atom is 0.309 e. The predicted octanol–water partition coefficient (Wildman–Crippen LogP) is 7.65. The van der Waals surface area contributed by atoms with Crippen LogP contribution in [-0.4, -0.2) is 58.2 Å². The van der Waals surface area contributed by atoms with Gasteiger partial charge in [-0.05, 0) is 102 Å². The third-order valence-electron chi connectivity index (χ3n) is 10.8. The lowest BCUT2D eigenvalue weighted by Crippen LogP contribution is -2.32. The molecule has 50 heavy (non-hydrogen) atoms. The molecule has 10 heteroatoms. The van der Waals surface area contributed by atoms with Gasteiger partial charge in [0.05, 0.1) is 31.9 Å². The number of rotatable bonds is 10. The van der Waals surface area contributed by atoms with Crippen LogP contribution in [0.3, 0.4) is 0 Å². The zero-order valence-corrected chi connectivity index (χ0v) is 28.7. The fraction of sp³-hybridized carbons (Fsp3) is 0.400. The number of likely N-dealkylation sites (tertiary alicyclic amines) is 1. The second-order valence-electron chi connectivity index (χ2n) is 13.9. The summed E-state index contributed by atoms with van der Waals surface area (Å²) in [6.07, 6.45) is 6.69. The van der Waals surface area contributed by atoms with E-state index in [1.54, 1.807) is 6.07 Å². The number of pyridine rings is 1.